The van der Waals surface area contributed by atoms with Crippen LogP contribution in [0, 0.1) is 6.92 Å². The van der Waals surface area contributed by atoms with Crippen molar-refractivity contribution in [3.8, 4) is 16.9 Å². The van der Waals surface area contributed by atoms with Gasteiger partial charge in [0.25, 0.3) is 5.56 Å². The lowest BCUT2D eigenvalue weighted by molar-refractivity contribution is 0.0695. The first-order valence-corrected chi connectivity index (χ1v) is 7.35. The highest BCUT2D eigenvalue weighted by molar-refractivity contribution is 9.10. The average molecular weight is 397 g/mol. The van der Waals surface area contributed by atoms with Gasteiger partial charge in [-0.2, -0.15) is 0 Å². The van der Waals surface area contributed by atoms with E-state index in [0.717, 1.165) is 5.56 Å². The highest BCUT2D eigenvalue weighted by Crippen LogP contribution is 2.38. The van der Waals surface area contributed by atoms with Gasteiger partial charge in [0.05, 0.1) is 7.11 Å². The molecule has 0 saturated carbocycles. The summed E-state index contributed by atoms with van der Waals surface area (Å²) in [6.07, 6.45) is 0. The van der Waals surface area contributed by atoms with Crippen LogP contribution in [-0.2, 0) is 0 Å². The van der Waals surface area contributed by atoms with Crippen molar-refractivity contribution in [1.82, 2.24) is 4.98 Å². The molecule has 0 aliphatic heterocycles. The van der Waals surface area contributed by atoms with E-state index in [9.17, 15) is 24.6 Å². The molecule has 2 rings (SSSR count). The molecule has 1 aromatic heterocycles. The van der Waals surface area contributed by atoms with Gasteiger partial charge in [-0.25, -0.2) is 9.59 Å². The lowest BCUT2D eigenvalue weighted by Crippen LogP contribution is -2.24. The zero-order valence-electron chi connectivity index (χ0n) is 12.6. The van der Waals surface area contributed by atoms with Crippen LogP contribution >= 0.6 is 15.9 Å². The van der Waals surface area contributed by atoms with Crippen molar-refractivity contribution in [2.24, 2.45) is 0 Å². The van der Waals surface area contributed by atoms with Crippen LogP contribution < -0.4 is 16.0 Å². The van der Waals surface area contributed by atoms with Gasteiger partial charge in [-0.05, 0) is 24.6 Å². The van der Waals surface area contributed by atoms with Crippen molar-refractivity contribution in [3.63, 3.8) is 0 Å². The first-order valence-electron chi connectivity index (χ1n) is 6.55. The van der Waals surface area contributed by atoms with Gasteiger partial charge in [0.2, 0.25) is 0 Å². The van der Waals surface area contributed by atoms with E-state index in [0.29, 0.717) is 4.47 Å². The highest BCUT2D eigenvalue weighted by Gasteiger charge is 2.28. The van der Waals surface area contributed by atoms with Gasteiger partial charge in [0, 0.05) is 15.6 Å². The number of halogens is 1. The fraction of sp³-hybridized carbons (Fsp3) is 0.133. The van der Waals surface area contributed by atoms with E-state index in [2.05, 4.69) is 20.9 Å². The maximum Gasteiger partial charge on any atom is 0.342 e. The second-order valence-corrected chi connectivity index (χ2v) is 5.76. The van der Waals surface area contributed by atoms with Gasteiger partial charge in [0.15, 0.2) is 0 Å². The molecule has 9 heteroatoms. The Hall–Kier alpha value is -2.81. The van der Waals surface area contributed by atoms with Crippen LogP contribution in [0.1, 0.15) is 26.3 Å². The Labute approximate surface area is 144 Å². The molecule has 0 fully saturated rings. The fourth-order valence-corrected chi connectivity index (χ4v) is 2.68. The van der Waals surface area contributed by atoms with Crippen LogP contribution in [0.4, 0.5) is 5.82 Å². The summed E-state index contributed by atoms with van der Waals surface area (Å²) in [5.41, 5.74) is 3.96. The van der Waals surface area contributed by atoms with Crippen molar-refractivity contribution in [2.75, 3.05) is 12.8 Å². The molecular weight excluding hydrogens is 384 g/mol. The van der Waals surface area contributed by atoms with Crippen molar-refractivity contribution >= 4 is 33.7 Å². The second kappa shape index (κ2) is 6.36. The van der Waals surface area contributed by atoms with E-state index in [1.807, 2.05) is 0 Å². The number of carboxylic acids is 2. The molecular formula is C15H13BrN2O6. The van der Waals surface area contributed by atoms with Crippen LogP contribution in [0.3, 0.4) is 0 Å². The minimum atomic E-state index is -1.58. The molecule has 2 aromatic rings. The molecule has 0 amide bonds. The van der Waals surface area contributed by atoms with E-state index < -0.39 is 34.4 Å². The summed E-state index contributed by atoms with van der Waals surface area (Å²) < 4.78 is 5.81. The standard InChI is InChI=1S/C15H13BrN2O6/c1-5-3-8(24-2)6(4-7(5)16)9-10(14(20)21)12(17)18-13(19)11(9)15(22)23/h3-4H,1-2H3,(H,20,21)(H,22,23)(H3,17,18,19). The molecule has 1 aromatic carbocycles. The first-order chi connectivity index (χ1) is 11.2. The highest BCUT2D eigenvalue weighted by atomic mass is 79.9. The molecule has 0 bridgehead atoms. The maximum atomic E-state index is 12.0. The Morgan fingerprint density at radius 1 is 1.21 bits per heavy atom. The minimum absolute atomic E-state index is 0.127. The summed E-state index contributed by atoms with van der Waals surface area (Å²) in [4.78, 5) is 37.2. The smallest absolute Gasteiger partial charge is 0.342 e. The number of benzene rings is 1. The minimum Gasteiger partial charge on any atom is -0.496 e. The van der Waals surface area contributed by atoms with Gasteiger partial charge in [-0.15, -0.1) is 0 Å². The number of ether oxygens (including phenoxy) is 1. The second-order valence-electron chi connectivity index (χ2n) is 4.90. The fourth-order valence-electron chi connectivity index (χ4n) is 2.34. The normalized spacial score (nSPS) is 10.5. The van der Waals surface area contributed by atoms with Gasteiger partial charge in [-0.1, -0.05) is 15.9 Å². The molecule has 0 spiro atoms. The molecule has 126 valence electrons. The van der Waals surface area contributed by atoms with Crippen molar-refractivity contribution < 1.29 is 24.5 Å². The first kappa shape index (κ1) is 17.5. The zero-order chi connectivity index (χ0) is 18.2. The molecule has 24 heavy (non-hydrogen) atoms. The molecule has 1 heterocycles. The number of aromatic carboxylic acids is 2. The molecule has 5 N–H and O–H groups in total. The quantitative estimate of drug-likeness (QED) is 0.619. The van der Waals surface area contributed by atoms with Gasteiger partial charge < -0.3 is 25.7 Å². The van der Waals surface area contributed by atoms with E-state index in [4.69, 9.17) is 10.5 Å². The monoisotopic (exact) mass is 396 g/mol. The summed E-state index contributed by atoms with van der Waals surface area (Å²) >= 11 is 3.30. The Balaban J connectivity index is 3.08. The number of hydrogen-bond donors (Lipinski definition) is 4. The van der Waals surface area contributed by atoms with E-state index in [1.165, 1.54) is 13.2 Å². The number of pyridine rings is 1. The molecule has 0 radical (unpaired) electrons. The molecule has 0 atom stereocenters. The van der Waals surface area contributed by atoms with E-state index in [-0.39, 0.29) is 16.9 Å². The molecule has 0 aliphatic carbocycles. The third-order valence-electron chi connectivity index (χ3n) is 3.42. The number of methoxy groups -OCH3 is 1. The predicted octanol–water partition coefficient (Wildman–Crippen LogP) is 2.10. The predicted molar refractivity (Wildman–Crippen MR) is 89.8 cm³/mol. The summed E-state index contributed by atoms with van der Waals surface area (Å²) in [7, 11) is 1.35. The SMILES string of the molecule is COc1cc(C)c(Br)cc1-c1c(C(=O)O)c(N)[nH]c(=O)c1C(=O)O. The topological polar surface area (TPSA) is 143 Å². The number of H-pyrrole nitrogens is 1. The Bertz CT molecular complexity index is 919. The van der Waals surface area contributed by atoms with Crippen LogP contribution in [0.5, 0.6) is 5.75 Å². The Kier molecular flexibility index (Phi) is 4.65. The van der Waals surface area contributed by atoms with Crippen LogP contribution in [0.2, 0.25) is 0 Å². The third-order valence-corrected chi connectivity index (χ3v) is 4.28. The molecule has 0 unspecified atom stereocenters. The summed E-state index contributed by atoms with van der Waals surface area (Å²) in [6.45, 7) is 1.78. The molecule has 0 aliphatic rings. The largest absolute Gasteiger partial charge is 0.496 e. The number of anilines is 1. The van der Waals surface area contributed by atoms with E-state index in [1.54, 1.807) is 13.0 Å². The van der Waals surface area contributed by atoms with Gasteiger partial charge in [-0.3, -0.25) is 4.79 Å². The summed E-state index contributed by atoms with van der Waals surface area (Å²) in [5.74, 6) is -3.27. The maximum absolute atomic E-state index is 12.0. The van der Waals surface area contributed by atoms with Gasteiger partial charge in [0.1, 0.15) is 22.7 Å². The van der Waals surface area contributed by atoms with Crippen molar-refractivity contribution in [1.29, 1.82) is 0 Å². The number of aromatic nitrogens is 1. The lowest BCUT2D eigenvalue weighted by atomic mass is 9.94. The van der Waals surface area contributed by atoms with Gasteiger partial charge >= 0.3 is 11.9 Å². The number of nitrogens with two attached hydrogens (primary N) is 1. The van der Waals surface area contributed by atoms with Crippen LogP contribution in [-0.4, -0.2) is 34.2 Å². The van der Waals surface area contributed by atoms with Crippen molar-refractivity contribution in [3.05, 3.63) is 43.6 Å². The number of nitrogens with one attached hydrogen (secondary N) is 1. The van der Waals surface area contributed by atoms with Crippen LogP contribution in [0.15, 0.2) is 21.4 Å². The number of aryl methyl sites for hydroxylation is 1. The molecule has 8 nitrogen and oxygen atoms in total. The number of hydrogen-bond acceptors (Lipinski definition) is 5. The van der Waals surface area contributed by atoms with Crippen molar-refractivity contribution in [2.45, 2.75) is 6.92 Å². The third kappa shape index (κ3) is 2.85. The Morgan fingerprint density at radius 3 is 2.29 bits per heavy atom. The number of carboxylic acid groups (broad SMARTS) is 2. The summed E-state index contributed by atoms with van der Waals surface area (Å²) in [6, 6.07) is 3.08. The molecule has 0 saturated heterocycles. The number of aromatic amines is 1. The average Bonchev–Trinajstić information content (AvgIpc) is 2.47. The number of nitrogen functional groups attached to an aromatic ring is 1. The lowest BCUT2D eigenvalue weighted by Gasteiger charge is -2.16. The summed E-state index contributed by atoms with van der Waals surface area (Å²) in [5, 5.41) is 18.8. The Morgan fingerprint density at radius 2 is 1.79 bits per heavy atom. The zero-order valence-corrected chi connectivity index (χ0v) is 14.2. The number of carbonyl (C=O) groups is 2. The van der Waals surface area contributed by atoms with E-state index >= 15 is 0 Å². The van der Waals surface area contributed by atoms with Crippen LogP contribution in [0.25, 0.3) is 11.1 Å². The number of rotatable bonds is 4.